The summed E-state index contributed by atoms with van der Waals surface area (Å²) < 4.78 is 0. The zero-order valence-electron chi connectivity index (χ0n) is 10.2. The highest BCUT2D eigenvalue weighted by Gasteiger charge is 2.24. The zero-order valence-corrected chi connectivity index (χ0v) is 10.2. The molecule has 3 nitrogen and oxygen atoms in total. The van der Waals surface area contributed by atoms with Gasteiger partial charge in [0.2, 0.25) is 0 Å². The first-order chi connectivity index (χ1) is 7.50. The maximum Gasteiger partial charge on any atom is 0.0633 e. The highest BCUT2D eigenvalue weighted by molar-refractivity contribution is 5.24. The number of rotatable bonds is 5. The van der Waals surface area contributed by atoms with E-state index in [1.165, 1.54) is 5.56 Å². The summed E-state index contributed by atoms with van der Waals surface area (Å²) in [7, 11) is 0. The smallest absolute Gasteiger partial charge is 0.0633 e. The molecule has 0 aliphatic heterocycles. The second-order valence-electron chi connectivity index (χ2n) is 4.65. The van der Waals surface area contributed by atoms with Crippen LogP contribution in [0.15, 0.2) is 24.3 Å². The fourth-order valence-corrected chi connectivity index (χ4v) is 1.60. The van der Waals surface area contributed by atoms with Crippen LogP contribution in [-0.4, -0.2) is 29.0 Å². The lowest BCUT2D eigenvalue weighted by Gasteiger charge is -2.30. The lowest BCUT2D eigenvalue weighted by molar-refractivity contribution is 0.0957. The summed E-state index contributed by atoms with van der Waals surface area (Å²) in [5.41, 5.74) is 1.74. The van der Waals surface area contributed by atoms with E-state index in [1.807, 2.05) is 13.8 Å². The van der Waals surface area contributed by atoms with Crippen LogP contribution < -0.4 is 5.32 Å². The van der Waals surface area contributed by atoms with Gasteiger partial charge in [-0.3, -0.25) is 0 Å². The fourth-order valence-electron chi connectivity index (χ4n) is 1.60. The molecule has 90 valence electrons. The Morgan fingerprint density at radius 3 is 2.12 bits per heavy atom. The van der Waals surface area contributed by atoms with Gasteiger partial charge in [-0.2, -0.15) is 0 Å². The van der Waals surface area contributed by atoms with Gasteiger partial charge < -0.3 is 15.5 Å². The number of nitrogens with one attached hydrogen (secondary N) is 1. The van der Waals surface area contributed by atoms with E-state index in [9.17, 15) is 10.2 Å². The lowest BCUT2D eigenvalue weighted by Crippen LogP contribution is -2.49. The van der Waals surface area contributed by atoms with E-state index < -0.39 is 5.54 Å². The fraction of sp³-hybridized carbons (Fsp3) is 0.538. The predicted octanol–water partition coefficient (Wildman–Crippen LogP) is 1.39. The second kappa shape index (κ2) is 5.43. The molecule has 0 aromatic heterocycles. The Morgan fingerprint density at radius 1 is 1.19 bits per heavy atom. The van der Waals surface area contributed by atoms with Gasteiger partial charge in [0, 0.05) is 6.04 Å². The Morgan fingerprint density at radius 2 is 1.69 bits per heavy atom. The number of hydrogen-bond donors (Lipinski definition) is 3. The normalized spacial score (nSPS) is 13.8. The van der Waals surface area contributed by atoms with E-state index in [0.29, 0.717) is 0 Å². The molecule has 0 amide bonds. The third kappa shape index (κ3) is 3.30. The molecule has 0 heterocycles. The van der Waals surface area contributed by atoms with Gasteiger partial charge in [0.1, 0.15) is 0 Å². The third-order valence-electron chi connectivity index (χ3n) is 2.84. The molecule has 0 aliphatic rings. The standard InChI is InChI=1S/C13H21NO2/c1-10-4-6-12(7-5-10)11(2)14-13(3,8-15)9-16/h4-7,11,14-16H,8-9H2,1-3H3. The van der Waals surface area contributed by atoms with Crippen molar-refractivity contribution in [3.8, 4) is 0 Å². The molecule has 0 fully saturated rings. The monoisotopic (exact) mass is 223 g/mol. The maximum absolute atomic E-state index is 9.20. The highest BCUT2D eigenvalue weighted by Crippen LogP contribution is 2.16. The van der Waals surface area contributed by atoms with Crippen molar-refractivity contribution >= 4 is 0 Å². The summed E-state index contributed by atoms with van der Waals surface area (Å²) in [4.78, 5) is 0. The Balaban J connectivity index is 2.71. The van der Waals surface area contributed by atoms with Gasteiger partial charge in [-0.25, -0.2) is 0 Å². The van der Waals surface area contributed by atoms with Gasteiger partial charge >= 0.3 is 0 Å². The summed E-state index contributed by atoms with van der Waals surface area (Å²) in [6, 6.07) is 8.33. The first-order valence-electron chi connectivity index (χ1n) is 5.57. The van der Waals surface area contributed by atoms with Crippen molar-refractivity contribution in [3.05, 3.63) is 35.4 Å². The van der Waals surface area contributed by atoms with Crippen molar-refractivity contribution in [1.29, 1.82) is 0 Å². The minimum Gasteiger partial charge on any atom is -0.394 e. The van der Waals surface area contributed by atoms with Crippen molar-refractivity contribution < 1.29 is 10.2 Å². The van der Waals surface area contributed by atoms with E-state index >= 15 is 0 Å². The van der Waals surface area contributed by atoms with Crippen LogP contribution in [0.25, 0.3) is 0 Å². The number of hydrogen-bond acceptors (Lipinski definition) is 3. The van der Waals surface area contributed by atoms with Crippen molar-refractivity contribution in [2.24, 2.45) is 0 Å². The van der Waals surface area contributed by atoms with Crippen molar-refractivity contribution in [3.63, 3.8) is 0 Å². The molecule has 0 saturated heterocycles. The quantitative estimate of drug-likeness (QED) is 0.707. The largest absolute Gasteiger partial charge is 0.394 e. The van der Waals surface area contributed by atoms with Crippen LogP contribution in [0.2, 0.25) is 0 Å². The molecule has 0 saturated carbocycles. The lowest BCUT2D eigenvalue weighted by atomic mass is 10.00. The SMILES string of the molecule is Cc1ccc(C(C)NC(C)(CO)CO)cc1. The predicted molar refractivity (Wildman–Crippen MR) is 65.3 cm³/mol. The molecule has 1 rings (SSSR count). The molecule has 3 heteroatoms. The molecule has 1 aromatic rings. The third-order valence-corrected chi connectivity index (χ3v) is 2.84. The summed E-state index contributed by atoms with van der Waals surface area (Å²) in [5.74, 6) is 0. The van der Waals surface area contributed by atoms with Crippen LogP contribution in [0.3, 0.4) is 0 Å². The number of aryl methyl sites for hydroxylation is 1. The van der Waals surface area contributed by atoms with Gasteiger partial charge in [0.05, 0.1) is 18.8 Å². The number of aliphatic hydroxyl groups is 2. The van der Waals surface area contributed by atoms with Gasteiger partial charge in [0.25, 0.3) is 0 Å². The van der Waals surface area contributed by atoms with E-state index in [1.54, 1.807) is 6.92 Å². The van der Waals surface area contributed by atoms with Gasteiger partial charge in [0.15, 0.2) is 0 Å². The van der Waals surface area contributed by atoms with Crippen molar-refractivity contribution in [1.82, 2.24) is 5.32 Å². The Kier molecular flexibility index (Phi) is 4.47. The van der Waals surface area contributed by atoms with Gasteiger partial charge in [-0.05, 0) is 26.3 Å². The van der Waals surface area contributed by atoms with E-state index in [-0.39, 0.29) is 19.3 Å². The number of aliphatic hydroxyl groups excluding tert-OH is 2. The van der Waals surface area contributed by atoms with Gasteiger partial charge in [-0.1, -0.05) is 29.8 Å². The molecule has 0 bridgehead atoms. The Hall–Kier alpha value is -0.900. The molecular weight excluding hydrogens is 202 g/mol. The van der Waals surface area contributed by atoms with Crippen LogP contribution in [0.5, 0.6) is 0 Å². The molecule has 1 atom stereocenters. The Bertz CT molecular complexity index is 317. The summed E-state index contributed by atoms with van der Waals surface area (Å²) in [6.07, 6.45) is 0. The second-order valence-corrected chi connectivity index (χ2v) is 4.65. The van der Waals surface area contributed by atoms with Crippen LogP contribution in [-0.2, 0) is 0 Å². The molecule has 3 N–H and O–H groups in total. The summed E-state index contributed by atoms with van der Waals surface area (Å²) in [6.45, 7) is 5.71. The van der Waals surface area contributed by atoms with E-state index in [4.69, 9.17) is 0 Å². The maximum atomic E-state index is 9.20. The molecule has 1 aromatic carbocycles. The van der Waals surface area contributed by atoms with Crippen molar-refractivity contribution in [2.75, 3.05) is 13.2 Å². The first kappa shape index (κ1) is 13.2. The van der Waals surface area contributed by atoms with E-state index in [0.717, 1.165) is 5.56 Å². The number of benzene rings is 1. The Labute approximate surface area is 97.1 Å². The molecule has 1 unspecified atom stereocenters. The van der Waals surface area contributed by atoms with Crippen molar-refractivity contribution in [2.45, 2.75) is 32.4 Å². The molecular formula is C13H21NO2. The van der Waals surface area contributed by atoms with Crippen LogP contribution in [0.1, 0.15) is 31.0 Å². The van der Waals surface area contributed by atoms with Gasteiger partial charge in [-0.15, -0.1) is 0 Å². The molecule has 0 spiro atoms. The van der Waals surface area contributed by atoms with E-state index in [2.05, 4.69) is 29.6 Å². The topological polar surface area (TPSA) is 52.5 Å². The van der Waals surface area contributed by atoms with Crippen LogP contribution >= 0.6 is 0 Å². The molecule has 0 radical (unpaired) electrons. The van der Waals surface area contributed by atoms with Crippen LogP contribution in [0.4, 0.5) is 0 Å². The zero-order chi connectivity index (χ0) is 12.2. The average Bonchev–Trinajstić information content (AvgIpc) is 2.29. The molecule has 16 heavy (non-hydrogen) atoms. The minimum absolute atomic E-state index is 0.0836. The highest BCUT2D eigenvalue weighted by atomic mass is 16.3. The first-order valence-corrected chi connectivity index (χ1v) is 5.57. The summed E-state index contributed by atoms with van der Waals surface area (Å²) >= 11 is 0. The molecule has 0 aliphatic carbocycles. The average molecular weight is 223 g/mol. The summed E-state index contributed by atoms with van der Waals surface area (Å²) in [5, 5.41) is 21.6. The minimum atomic E-state index is -0.635. The van der Waals surface area contributed by atoms with Crippen LogP contribution in [0, 0.1) is 6.92 Å².